The number of aromatic nitrogens is 2. The lowest BCUT2D eigenvalue weighted by atomic mass is 10.1. The molecule has 5 heteroatoms. The van der Waals surface area contributed by atoms with Crippen molar-refractivity contribution < 1.29 is 4.84 Å². The van der Waals surface area contributed by atoms with E-state index in [2.05, 4.69) is 22.1 Å². The molecule has 0 aliphatic carbocycles. The van der Waals surface area contributed by atoms with Crippen molar-refractivity contribution in [3.05, 3.63) is 48.2 Å². The summed E-state index contributed by atoms with van der Waals surface area (Å²) in [4.78, 5) is 14.0. The quantitative estimate of drug-likeness (QED) is 0.871. The van der Waals surface area contributed by atoms with Crippen LogP contribution in [-0.4, -0.2) is 16.6 Å². The molecule has 3 rings (SSSR count). The second kappa shape index (κ2) is 4.62. The molecule has 1 aliphatic rings. The molecule has 1 aliphatic heterocycles. The standard InChI is InChI=1S/C13H14N4O/c14-12-6-8-15-13(16-12)17-11(7-9-18-17)10-4-2-1-3-5-10/h1-6,8,11H,7,9H2,(H2,14,15,16). The Bertz CT molecular complexity index is 532. The van der Waals surface area contributed by atoms with Gasteiger partial charge in [-0.2, -0.15) is 4.98 Å². The van der Waals surface area contributed by atoms with Gasteiger partial charge >= 0.3 is 0 Å². The fraction of sp³-hybridized carbons (Fsp3) is 0.231. The van der Waals surface area contributed by atoms with Crippen molar-refractivity contribution in [3.63, 3.8) is 0 Å². The molecule has 1 saturated heterocycles. The number of rotatable bonds is 2. The molecule has 2 N–H and O–H groups in total. The Morgan fingerprint density at radius 2 is 2.06 bits per heavy atom. The van der Waals surface area contributed by atoms with Crippen LogP contribution in [-0.2, 0) is 4.84 Å². The van der Waals surface area contributed by atoms with Crippen LogP contribution in [0.3, 0.4) is 0 Å². The topological polar surface area (TPSA) is 64.3 Å². The number of hydrogen-bond acceptors (Lipinski definition) is 5. The van der Waals surface area contributed by atoms with Gasteiger partial charge in [0.15, 0.2) is 0 Å². The van der Waals surface area contributed by atoms with Crippen LogP contribution in [0, 0.1) is 0 Å². The second-order valence-corrected chi connectivity index (χ2v) is 4.16. The molecule has 1 atom stereocenters. The number of anilines is 2. The van der Waals surface area contributed by atoms with E-state index in [1.165, 1.54) is 5.56 Å². The fourth-order valence-corrected chi connectivity index (χ4v) is 2.11. The highest BCUT2D eigenvalue weighted by Gasteiger charge is 2.29. The maximum Gasteiger partial charge on any atom is 0.252 e. The second-order valence-electron chi connectivity index (χ2n) is 4.16. The van der Waals surface area contributed by atoms with Crippen molar-refractivity contribution in [2.75, 3.05) is 17.4 Å². The minimum absolute atomic E-state index is 0.146. The minimum Gasteiger partial charge on any atom is -0.384 e. The lowest BCUT2D eigenvalue weighted by Gasteiger charge is -2.22. The zero-order chi connectivity index (χ0) is 12.4. The van der Waals surface area contributed by atoms with E-state index >= 15 is 0 Å². The molecule has 1 aromatic carbocycles. The molecule has 0 bridgehead atoms. The van der Waals surface area contributed by atoms with Crippen molar-refractivity contribution in [2.45, 2.75) is 12.5 Å². The SMILES string of the molecule is Nc1ccnc(N2OCCC2c2ccccc2)n1. The van der Waals surface area contributed by atoms with E-state index < -0.39 is 0 Å². The molecule has 0 spiro atoms. The molecule has 1 fully saturated rings. The van der Waals surface area contributed by atoms with Gasteiger partial charge in [0.25, 0.3) is 5.95 Å². The largest absolute Gasteiger partial charge is 0.384 e. The van der Waals surface area contributed by atoms with Crippen molar-refractivity contribution in [3.8, 4) is 0 Å². The molecule has 18 heavy (non-hydrogen) atoms. The maximum absolute atomic E-state index is 5.68. The van der Waals surface area contributed by atoms with E-state index in [1.54, 1.807) is 17.3 Å². The molecule has 0 saturated carbocycles. The van der Waals surface area contributed by atoms with E-state index in [1.807, 2.05) is 18.2 Å². The molecule has 1 aromatic heterocycles. The summed E-state index contributed by atoms with van der Waals surface area (Å²) >= 11 is 0. The van der Waals surface area contributed by atoms with Gasteiger partial charge in [0.2, 0.25) is 0 Å². The molecular formula is C13H14N4O. The molecule has 2 aromatic rings. The third-order valence-corrected chi connectivity index (χ3v) is 2.95. The van der Waals surface area contributed by atoms with E-state index in [-0.39, 0.29) is 6.04 Å². The Labute approximate surface area is 105 Å². The lowest BCUT2D eigenvalue weighted by Crippen LogP contribution is -2.23. The molecule has 2 heterocycles. The predicted molar refractivity (Wildman–Crippen MR) is 68.7 cm³/mol. The van der Waals surface area contributed by atoms with Crippen LogP contribution < -0.4 is 10.8 Å². The summed E-state index contributed by atoms with van der Waals surface area (Å²) in [6.45, 7) is 0.664. The van der Waals surface area contributed by atoms with Crippen LogP contribution in [0.15, 0.2) is 42.6 Å². The fourth-order valence-electron chi connectivity index (χ4n) is 2.11. The number of nitrogen functional groups attached to an aromatic ring is 1. The van der Waals surface area contributed by atoms with Gasteiger partial charge in [0.05, 0.1) is 12.6 Å². The van der Waals surface area contributed by atoms with Crippen molar-refractivity contribution in [2.24, 2.45) is 0 Å². The maximum atomic E-state index is 5.68. The highest BCUT2D eigenvalue weighted by Crippen LogP contribution is 2.32. The molecule has 5 nitrogen and oxygen atoms in total. The first-order chi connectivity index (χ1) is 8.84. The number of hydrogen-bond donors (Lipinski definition) is 1. The summed E-state index contributed by atoms with van der Waals surface area (Å²) in [5.74, 6) is 0.962. The van der Waals surface area contributed by atoms with Gasteiger partial charge in [-0.1, -0.05) is 30.3 Å². The number of benzene rings is 1. The first kappa shape index (κ1) is 11.0. The summed E-state index contributed by atoms with van der Waals surface area (Å²) in [5, 5.41) is 1.74. The van der Waals surface area contributed by atoms with Gasteiger partial charge in [-0.25, -0.2) is 10.0 Å². The molecule has 0 radical (unpaired) electrons. The highest BCUT2D eigenvalue weighted by molar-refractivity contribution is 5.39. The summed E-state index contributed by atoms with van der Waals surface area (Å²) in [5.41, 5.74) is 6.87. The lowest BCUT2D eigenvalue weighted by molar-refractivity contribution is 0.154. The van der Waals surface area contributed by atoms with Gasteiger partial charge in [0, 0.05) is 12.6 Å². The average molecular weight is 242 g/mol. The number of nitrogens with zero attached hydrogens (tertiary/aromatic N) is 3. The predicted octanol–water partition coefficient (Wildman–Crippen LogP) is 1.94. The van der Waals surface area contributed by atoms with Crippen LogP contribution in [0.4, 0.5) is 11.8 Å². The zero-order valence-electron chi connectivity index (χ0n) is 9.86. The molecule has 92 valence electrons. The Morgan fingerprint density at radius 3 is 2.83 bits per heavy atom. The third-order valence-electron chi connectivity index (χ3n) is 2.95. The monoisotopic (exact) mass is 242 g/mol. The van der Waals surface area contributed by atoms with Crippen molar-refractivity contribution in [1.29, 1.82) is 0 Å². The Kier molecular flexibility index (Phi) is 2.82. The number of hydroxylamine groups is 1. The smallest absolute Gasteiger partial charge is 0.252 e. The zero-order valence-corrected chi connectivity index (χ0v) is 9.86. The van der Waals surface area contributed by atoms with Gasteiger partial charge in [-0.15, -0.1) is 0 Å². The third kappa shape index (κ3) is 2.00. The summed E-state index contributed by atoms with van der Waals surface area (Å²) in [6, 6.07) is 12.0. The minimum atomic E-state index is 0.146. The Morgan fingerprint density at radius 1 is 1.22 bits per heavy atom. The van der Waals surface area contributed by atoms with Crippen LogP contribution >= 0.6 is 0 Å². The first-order valence-corrected chi connectivity index (χ1v) is 5.90. The normalized spacial score (nSPS) is 19.1. The summed E-state index contributed by atoms with van der Waals surface area (Å²) in [6.07, 6.45) is 2.56. The Hall–Kier alpha value is -2.14. The van der Waals surface area contributed by atoms with Crippen LogP contribution in [0.5, 0.6) is 0 Å². The Balaban J connectivity index is 1.92. The van der Waals surface area contributed by atoms with E-state index in [4.69, 9.17) is 10.6 Å². The van der Waals surface area contributed by atoms with Gasteiger partial charge in [-0.3, -0.25) is 4.84 Å². The van der Waals surface area contributed by atoms with E-state index in [9.17, 15) is 0 Å². The van der Waals surface area contributed by atoms with Gasteiger partial charge in [-0.05, 0) is 11.6 Å². The van der Waals surface area contributed by atoms with Crippen LogP contribution in [0.1, 0.15) is 18.0 Å². The van der Waals surface area contributed by atoms with Crippen molar-refractivity contribution >= 4 is 11.8 Å². The summed E-state index contributed by atoms with van der Waals surface area (Å²) < 4.78 is 0. The highest BCUT2D eigenvalue weighted by atomic mass is 16.7. The van der Waals surface area contributed by atoms with E-state index in [0.29, 0.717) is 18.4 Å². The van der Waals surface area contributed by atoms with Gasteiger partial charge in [0.1, 0.15) is 5.82 Å². The van der Waals surface area contributed by atoms with Crippen LogP contribution in [0.2, 0.25) is 0 Å². The molecule has 0 amide bonds. The number of nitrogens with two attached hydrogens (primary N) is 1. The average Bonchev–Trinajstić information content (AvgIpc) is 2.89. The molecular weight excluding hydrogens is 228 g/mol. The van der Waals surface area contributed by atoms with Crippen molar-refractivity contribution in [1.82, 2.24) is 9.97 Å². The molecule has 1 unspecified atom stereocenters. The van der Waals surface area contributed by atoms with Gasteiger partial charge < -0.3 is 5.73 Å². The summed E-state index contributed by atoms with van der Waals surface area (Å²) in [7, 11) is 0. The van der Waals surface area contributed by atoms with Crippen LogP contribution in [0.25, 0.3) is 0 Å². The first-order valence-electron chi connectivity index (χ1n) is 5.90. The van der Waals surface area contributed by atoms with E-state index in [0.717, 1.165) is 6.42 Å².